The van der Waals surface area contributed by atoms with E-state index in [9.17, 15) is 19.2 Å². The normalized spacial score (nSPS) is 12.8. The van der Waals surface area contributed by atoms with Crippen LogP contribution in [0.4, 0.5) is 0 Å². The summed E-state index contributed by atoms with van der Waals surface area (Å²) in [6, 6.07) is 9.45. The number of hydrogen-bond donors (Lipinski definition) is 0. The van der Waals surface area contributed by atoms with Crippen LogP contribution >= 0.6 is 0 Å². The molecule has 0 fully saturated rings. The molecule has 3 rings (SSSR count). The van der Waals surface area contributed by atoms with Crippen LogP contribution in [0.15, 0.2) is 36.4 Å². The number of rotatable bonds is 3. The van der Waals surface area contributed by atoms with E-state index in [2.05, 4.69) is 4.74 Å². The van der Waals surface area contributed by atoms with E-state index in [0.717, 1.165) is 0 Å². The number of hydrogen-bond acceptors (Lipinski definition) is 5. The van der Waals surface area contributed by atoms with Crippen molar-refractivity contribution >= 4 is 24.5 Å². The summed E-state index contributed by atoms with van der Waals surface area (Å²) in [6.07, 6.45) is 1.20. The summed E-state index contributed by atoms with van der Waals surface area (Å²) in [5.41, 5.74) is 2.30. The quantitative estimate of drug-likeness (QED) is 0.489. The largest absolute Gasteiger partial charge is 0.386 e. The molecule has 0 aromatic heterocycles. The summed E-state index contributed by atoms with van der Waals surface area (Å²) in [6.45, 7) is 0. The van der Waals surface area contributed by atoms with Crippen LogP contribution in [0, 0.1) is 0 Å². The Morgan fingerprint density at radius 1 is 0.714 bits per heavy atom. The highest BCUT2D eigenvalue weighted by Crippen LogP contribution is 2.28. The molecule has 5 nitrogen and oxygen atoms in total. The average molecular weight is 280 g/mol. The Kier molecular flexibility index (Phi) is 2.95. The van der Waals surface area contributed by atoms with Crippen molar-refractivity contribution in [3.05, 3.63) is 58.7 Å². The van der Waals surface area contributed by atoms with Crippen molar-refractivity contribution in [2.24, 2.45) is 0 Å². The lowest BCUT2D eigenvalue weighted by Gasteiger charge is -2.05. The van der Waals surface area contributed by atoms with E-state index in [4.69, 9.17) is 0 Å². The second-order valence-electron chi connectivity index (χ2n) is 4.52. The number of esters is 2. The number of cyclic esters (lactones) is 2. The van der Waals surface area contributed by atoms with Gasteiger partial charge in [-0.25, -0.2) is 9.59 Å². The molecule has 0 saturated carbocycles. The van der Waals surface area contributed by atoms with Crippen LogP contribution in [0.2, 0.25) is 0 Å². The van der Waals surface area contributed by atoms with Gasteiger partial charge in [-0.1, -0.05) is 18.2 Å². The third kappa shape index (κ3) is 2.04. The van der Waals surface area contributed by atoms with Crippen LogP contribution in [0.25, 0.3) is 11.1 Å². The van der Waals surface area contributed by atoms with E-state index < -0.39 is 11.9 Å². The first kappa shape index (κ1) is 12.9. The number of benzene rings is 2. The lowest BCUT2D eigenvalue weighted by Crippen LogP contribution is -1.96. The average Bonchev–Trinajstić information content (AvgIpc) is 2.81. The van der Waals surface area contributed by atoms with Gasteiger partial charge in [0.15, 0.2) is 12.6 Å². The van der Waals surface area contributed by atoms with Gasteiger partial charge < -0.3 is 4.74 Å². The van der Waals surface area contributed by atoms with Gasteiger partial charge in [0.2, 0.25) is 0 Å². The Bertz CT molecular complexity index is 804. The van der Waals surface area contributed by atoms with E-state index in [0.29, 0.717) is 29.3 Å². The van der Waals surface area contributed by atoms with Gasteiger partial charge in [0.1, 0.15) is 0 Å². The molecule has 0 atom stereocenters. The second kappa shape index (κ2) is 4.79. The van der Waals surface area contributed by atoms with Crippen molar-refractivity contribution in [1.82, 2.24) is 0 Å². The fourth-order valence-electron chi connectivity index (χ4n) is 2.23. The fourth-order valence-corrected chi connectivity index (χ4v) is 2.23. The van der Waals surface area contributed by atoms with E-state index in [-0.39, 0.29) is 16.7 Å². The van der Waals surface area contributed by atoms with Gasteiger partial charge in [0, 0.05) is 11.1 Å². The topological polar surface area (TPSA) is 77.5 Å². The molecule has 0 amide bonds. The van der Waals surface area contributed by atoms with Crippen molar-refractivity contribution in [3.8, 4) is 11.1 Å². The zero-order valence-corrected chi connectivity index (χ0v) is 10.7. The number of aldehydes is 2. The molecule has 21 heavy (non-hydrogen) atoms. The Balaban J connectivity index is 2.12. The molecule has 0 radical (unpaired) electrons. The van der Waals surface area contributed by atoms with Crippen molar-refractivity contribution in [2.75, 3.05) is 0 Å². The summed E-state index contributed by atoms with van der Waals surface area (Å²) >= 11 is 0. The Morgan fingerprint density at radius 2 is 1.33 bits per heavy atom. The van der Waals surface area contributed by atoms with Gasteiger partial charge in [-0.05, 0) is 29.3 Å². The zero-order valence-electron chi connectivity index (χ0n) is 10.7. The minimum Gasteiger partial charge on any atom is -0.386 e. The number of carbonyl (C=O) groups is 4. The Labute approximate surface area is 119 Å². The molecule has 1 heterocycles. The molecule has 0 saturated heterocycles. The summed E-state index contributed by atoms with van der Waals surface area (Å²) in [4.78, 5) is 44.7. The first-order valence-electron chi connectivity index (χ1n) is 6.09. The molecular formula is C16H8O5. The predicted octanol–water partition coefficient (Wildman–Crippen LogP) is 2.29. The van der Waals surface area contributed by atoms with E-state index >= 15 is 0 Å². The summed E-state index contributed by atoms with van der Waals surface area (Å²) in [7, 11) is 0. The van der Waals surface area contributed by atoms with Crippen LogP contribution < -0.4 is 0 Å². The van der Waals surface area contributed by atoms with Crippen molar-refractivity contribution in [1.29, 1.82) is 0 Å². The highest BCUT2D eigenvalue weighted by Gasteiger charge is 2.29. The lowest BCUT2D eigenvalue weighted by molar-refractivity contribution is 0.0443. The molecule has 0 unspecified atom stereocenters. The minimum atomic E-state index is -0.683. The SMILES string of the molecule is O=Cc1ccc(-c2ccc3c(c2)C(=O)OC3=O)cc1C=O. The maximum atomic E-state index is 11.5. The Morgan fingerprint density at radius 3 is 2.05 bits per heavy atom. The van der Waals surface area contributed by atoms with Gasteiger partial charge in [-0.3, -0.25) is 9.59 Å². The van der Waals surface area contributed by atoms with Gasteiger partial charge in [-0.15, -0.1) is 0 Å². The summed E-state index contributed by atoms with van der Waals surface area (Å²) < 4.78 is 4.52. The van der Waals surface area contributed by atoms with Gasteiger partial charge in [-0.2, -0.15) is 0 Å². The van der Waals surface area contributed by atoms with Crippen LogP contribution in [0.5, 0.6) is 0 Å². The molecule has 5 heteroatoms. The van der Waals surface area contributed by atoms with Crippen LogP contribution in [0.1, 0.15) is 41.4 Å². The molecule has 2 aromatic rings. The molecule has 0 bridgehead atoms. The van der Waals surface area contributed by atoms with Crippen LogP contribution in [0.3, 0.4) is 0 Å². The number of fused-ring (bicyclic) bond motifs is 1. The molecule has 2 aromatic carbocycles. The van der Waals surface area contributed by atoms with Crippen molar-refractivity contribution in [2.45, 2.75) is 0 Å². The smallest absolute Gasteiger partial charge is 0.346 e. The monoisotopic (exact) mass is 280 g/mol. The van der Waals surface area contributed by atoms with Gasteiger partial charge in [0.05, 0.1) is 11.1 Å². The molecule has 1 aliphatic rings. The molecular weight excluding hydrogens is 272 g/mol. The first-order chi connectivity index (χ1) is 10.1. The van der Waals surface area contributed by atoms with Crippen molar-refractivity contribution in [3.63, 3.8) is 0 Å². The number of ether oxygens (including phenoxy) is 1. The molecule has 0 N–H and O–H groups in total. The highest BCUT2D eigenvalue weighted by atomic mass is 16.6. The standard InChI is InChI=1S/C16H8O5/c17-7-11-2-1-9(5-12(11)8-18)10-3-4-13-14(6-10)16(20)21-15(13)19/h1-8H. The molecule has 0 aliphatic carbocycles. The molecule has 0 spiro atoms. The van der Waals surface area contributed by atoms with Crippen molar-refractivity contribution < 1.29 is 23.9 Å². The lowest BCUT2D eigenvalue weighted by atomic mass is 9.97. The van der Waals surface area contributed by atoms with E-state index in [1.807, 2.05) is 0 Å². The van der Waals surface area contributed by atoms with Crippen LogP contribution in [-0.2, 0) is 4.74 Å². The minimum absolute atomic E-state index is 0.199. The maximum Gasteiger partial charge on any atom is 0.346 e. The fraction of sp³-hybridized carbons (Fsp3) is 0. The first-order valence-corrected chi connectivity index (χ1v) is 6.09. The van der Waals surface area contributed by atoms with Gasteiger partial charge in [0.25, 0.3) is 0 Å². The van der Waals surface area contributed by atoms with E-state index in [1.54, 1.807) is 18.2 Å². The molecule has 1 aliphatic heterocycles. The third-order valence-electron chi connectivity index (χ3n) is 3.32. The van der Waals surface area contributed by atoms with Gasteiger partial charge >= 0.3 is 11.9 Å². The molecule has 102 valence electrons. The second-order valence-corrected chi connectivity index (χ2v) is 4.52. The maximum absolute atomic E-state index is 11.5. The highest BCUT2D eigenvalue weighted by molar-refractivity contribution is 6.15. The van der Waals surface area contributed by atoms with E-state index in [1.165, 1.54) is 18.2 Å². The predicted molar refractivity (Wildman–Crippen MR) is 72.4 cm³/mol. The summed E-state index contributed by atoms with van der Waals surface area (Å²) in [5, 5.41) is 0. The summed E-state index contributed by atoms with van der Waals surface area (Å²) in [5.74, 6) is -1.34. The Hall–Kier alpha value is -3.08. The third-order valence-corrected chi connectivity index (χ3v) is 3.32. The zero-order chi connectivity index (χ0) is 15.0. The number of carbonyl (C=O) groups excluding carboxylic acids is 4. The van der Waals surface area contributed by atoms with Crippen LogP contribution in [-0.4, -0.2) is 24.5 Å².